The fraction of sp³-hybridized carbons (Fsp3) is 0.167. The lowest BCUT2D eigenvalue weighted by atomic mass is 10.2. The number of thioether (sulfide) groups is 1. The number of hydrogen-bond donors (Lipinski definition) is 1. The van der Waals surface area contributed by atoms with Crippen LogP contribution in [0.4, 0.5) is 11.4 Å². The first-order valence-corrected chi connectivity index (χ1v) is 9.87. The Bertz CT molecular complexity index is 916. The molecule has 0 bridgehead atoms. The Morgan fingerprint density at radius 1 is 1.15 bits per heavy atom. The molecule has 1 atom stereocenters. The van der Waals surface area contributed by atoms with Crippen LogP contribution in [0, 0.1) is 0 Å². The number of amides is 2. The highest BCUT2D eigenvalue weighted by Crippen LogP contribution is 2.31. The topological polar surface area (TPSA) is 61.8 Å². The van der Waals surface area contributed by atoms with Crippen LogP contribution in [-0.4, -0.2) is 34.2 Å². The summed E-state index contributed by atoms with van der Waals surface area (Å²) >= 11 is 19.1. The summed E-state index contributed by atoms with van der Waals surface area (Å²) in [5.74, 6) is -0.493. The number of carbonyl (C=O) groups excluding carboxylic acids is 2. The second kappa shape index (κ2) is 8.52. The number of halogens is 3. The van der Waals surface area contributed by atoms with Crippen LogP contribution in [0.25, 0.3) is 0 Å². The molecule has 1 fully saturated rings. The first-order chi connectivity index (χ1) is 12.8. The van der Waals surface area contributed by atoms with E-state index in [1.165, 1.54) is 16.7 Å². The van der Waals surface area contributed by atoms with E-state index in [-0.39, 0.29) is 18.2 Å². The summed E-state index contributed by atoms with van der Waals surface area (Å²) in [5.41, 5.74) is 1.07. The SMILES string of the molecule is CN1C(=O)CC(C(=O)Nc2cccc(Cl)c2)SC1=Nc1cc(Cl)cc(Cl)c1. The van der Waals surface area contributed by atoms with Crippen molar-refractivity contribution in [1.82, 2.24) is 4.90 Å². The lowest BCUT2D eigenvalue weighted by Gasteiger charge is -2.28. The normalized spacial score (nSPS) is 18.7. The number of carbonyl (C=O) groups is 2. The summed E-state index contributed by atoms with van der Waals surface area (Å²) in [6.45, 7) is 0. The molecule has 0 spiro atoms. The number of rotatable bonds is 3. The molecule has 1 aliphatic rings. The van der Waals surface area contributed by atoms with Crippen LogP contribution < -0.4 is 5.32 Å². The van der Waals surface area contributed by atoms with Crippen molar-refractivity contribution in [2.45, 2.75) is 11.7 Å². The second-order valence-corrected chi connectivity index (χ2v) is 8.26. The van der Waals surface area contributed by atoms with Crippen LogP contribution in [0.1, 0.15) is 6.42 Å². The molecule has 1 aliphatic heterocycles. The van der Waals surface area contributed by atoms with Gasteiger partial charge in [0.15, 0.2) is 5.17 Å². The zero-order valence-corrected chi connectivity index (χ0v) is 17.2. The zero-order chi connectivity index (χ0) is 19.6. The van der Waals surface area contributed by atoms with Gasteiger partial charge in [0.1, 0.15) is 5.25 Å². The second-order valence-electron chi connectivity index (χ2n) is 5.78. The predicted octanol–water partition coefficient (Wildman–Crippen LogP) is 5.24. The first-order valence-electron chi connectivity index (χ1n) is 7.86. The average molecular weight is 443 g/mol. The average Bonchev–Trinajstić information content (AvgIpc) is 2.58. The highest BCUT2D eigenvalue weighted by molar-refractivity contribution is 8.15. The number of nitrogens with one attached hydrogen (secondary N) is 1. The molecule has 140 valence electrons. The van der Waals surface area contributed by atoms with E-state index in [9.17, 15) is 9.59 Å². The number of anilines is 1. The Labute approximate surface area is 175 Å². The van der Waals surface area contributed by atoms with Crippen molar-refractivity contribution in [2.24, 2.45) is 4.99 Å². The van der Waals surface area contributed by atoms with Crippen molar-refractivity contribution in [3.05, 3.63) is 57.5 Å². The number of benzene rings is 2. The lowest BCUT2D eigenvalue weighted by molar-refractivity contribution is -0.128. The molecule has 3 rings (SSSR count). The highest BCUT2D eigenvalue weighted by Gasteiger charge is 2.34. The van der Waals surface area contributed by atoms with Gasteiger partial charge in [-0.2, -0.15) is 0 Å². The standard InChI is InChI=1S/C18H14Cl3N3O2S/c1-24-16(25)9-15(17(26)22-13-4-2-3-10(19)6-13)27-18(24)23-14-7-11(20)5-12(21)8-14/h2-8,15H,9H2,1H3,(H,22,26). The van der Waals surface area contributed by atoms with Crippen molar-refractivity contribution < 1.29 is 9.59 Å². The van der Waals surface area contributed by atoms with Crippen LogP contribution in [-0.2, 0) is 9.59 Å². The van der Waals surface area contributed by atoms with E-state index in [4.69, 9.17) is 34.8 Å². The summed E-state index contributed by atoms with van der Waals surface area (Å²) in [6.07, 6.45) is 0.0723. The van der Waals surface area contributed by atoms with E-state index < -0.39 is 5.25 Å². The molecular weight excluding hydrogens is 429 g/mol. The van der Waals surface area contributed by atoms with E-state index in [0.29, 0.717) is 31.6 Å². The molecule has 1 saturated heterocycles. The van der Waals surface area contributed by atoms with Gasteiger partial charge in [-0.25, -0.2) is 4.99 Å². The van der Waals surface area contributed by atoms with Gasteiger partial charge in [-0.05, 0) is 36.4 Å². The molecular formula is C18H14Cl3N3O2S. The summed E-state index contributed by atoms with van der Waals surface area (Å²) in [5, 5.41) is 3.95. The number of amidine groups is 1. The molecule has 1 N–H and O–H groups in total. The van der Waals surface area contributed by atoms with Gasteiger partial charge >= 0.3 is 0 Å². The van der Waals surface area contributed by atoms with Gasteiger partial charge in [-0.15, -0.1) is 0 Å². The Hall–Kier alpha value is -1.73. The molecule has 5 nitrogen and oxygen atoms in total. The number of hydrogen-bond acceptors (Lipinski definition) is 4. The maximum Gasteiger partial charge on any atom is 0.238 e. The van der Waals surface area contributed by atoms with Crippen molar-refractivity contribution in [3.63, 3.8) is 0 Å². The quantitative estimate of drug-likeness (QED) is 0.707. The lowest BCUT2D eigenvalue weighted by Crippen LogP contribution is -2.43. The van der Waals surface area contributed by atoms with E-state index in [2.05, 4.69) is 10.3 Å². The van der Waals surface area contributed by atoms with Gasteiger partial charge in [0, 0.05) is 34.2 Å². The van der Waals surface area contributed by atoms with E-state index >= 15 is 0 Å². The molecule has 1 unspecified atom stereocenters. The predicted molar refractivity (Wildman–Crippen MR) is 112 cm³/mol. The van der Waals surface area contributed by atoms with Gasteiger partial charge in [-0.1, -0.05) is 52.6 Å². The summed E-state index contributed by atoms with van der Waals surface area (Å²) < 4.78 is 0. The minimum Gasteiger partial charge on any atom is -0.325 e. The highest BCUT2D eigenvalue weighted by atomic mass is 35.5. The van der Waals surface area contributed by atoms with Gasteiger partial charge in [0.2, 0.25) is 11.8 Å². The molecule has 2 amide bonds. The van der Waals surface area contributed by atoms with Crippen molar-refractivity contribution in [2.75, 3.05) is 12.4 Å². The molecule has 2 aromatic carbocycles. The molecule has 0 aliphatic carbocycles. The fourth-order valence-corrected chi connectivity index (χ4v) is 4.17. The molecule has 0 aromatic heterocycles. The third kappa shape index (κ3) is 5.17. The van der Waals surface area contributed by atoms with Gasteiger partial charge < -0.3 is 5.32 Å². The van der Waals surface area contributed by atoms with E-state index in [1.807, 2.05) is 0 Å². The van der Waals surface area contributed by atoms with Gasteiger partial charge in [-0.3, -0.25) is 14.5 Å². The molecule has 0 saturated carbocycles. The van der Waals surface area contributed by atoms with Gasteiger partial charge in [0.25, 0.3) is 0 Å². The van der Waals surface area contributed by atoms with Crippen molar-refractivity contribution in [3.8, 4) is 0 Å². The summed E-state index contributed by atoms with van der Waals surface area (Å²) in [4.78, 5) is 30.8. The Kier molecular flexibility index (Phi) is 6.32. The third-order valence-electron chi connectivity index (χ3n) is 3.73. The van der Waals surface area contributed by atoms with Crippen LogP contribution >= 0.6 is 46.6 Å². The molecule has 9 heteroatoms. The van der Waals surface area contributed by atoms with E-state index in [0.717, 1.165) is 0 Å². The third-order valence-corrected chi connectivity index (χ3v) is 5.64. The maximum absolute atomic E-state index is 12.6. The molecule has 0 radical (unpaired) electrons. The van der Waals surface area contributed by atoms with Crippen LogP contribution in [0.15, 0.2) is 47.5 Å². The Balaban J connectivity index is 1.81. The maximum atomic E-state index is 12.6. The Morgan fingerprint density at radius 3 is 2.52 bits per heavy atom. The molecule has 2 aromatic rings. The monoisotopic (exact) mass is 441 g/mol. The smallest absolute Gasteiger partial charge is 0.238 e. The zero-order valence-electron chi connectivity index (χ0n) is 14.1. The van der Waals surface area contributed by atoms with Crippen molar-refractivity contribution in [1.29, 1.82) is 0 Å². The minimum atomic E-state index is -0.610. The summed E-state index contributed by atoms with van der Waals surface area (Å²) in [7, 11) is 1.62. The number of aliphatic imine (C=N–C) groups is 1. The molecule has 1 heterocycles. The first kappa shape index (κ1) is 20.0. The summed E-state index contributed by atoms with van der Waals surface area (Å²) in [6, 6.07) is 11.7. The molecule has 27 heavy (non-hydrogen) atoms. The van der Waals surface area contributed by atoms with Crippen LogP contribution in [0.2, 0.25) is 15.1 Å². The van der Waals surface area contributed by atoms with Crippen LogP contribution in [0.3, 0.4) is 0 Å². The van der Waals surface area contributed by atoms with Gasteiger partial charge in [0.05, 0.1) is 5.69 Å². The minimum absolute atomic E-state index is 0.0723. The number of nitrogens with zero attached hydrogens (tertiary/aromatic N) is 2. The van der Waals surface area contributed by atoms with Crippen molar-refractivity contribution >= 4 is 74.9 Å². The van der Waals surface area contributed by atoms with Crippen LogP contribution in [0.5, 0.6) is 0 Å². The largest absolute Gasteiger partial charge is 0.325 e. The van der Waals surface area contributed by atoms with E-state index in [1.54, 1.807) is 49.5 Å². The fourth-order valence-electron chi connectivity index (χ4n) is 2.40. The Morgan fingerprint density at radius 2 is 1.85 bits per heavy atom.